The first-order valence-corrected chi connectivity index (χ1v) is 21.2. The van der Waals surface area contributed by atoms with Crippen molar-refractivity contribution in [1.29, 1.82) is 0 Å². The third-order valence-corrected chi connectivity index (χ3v) is 16.4. The zero-order valence-corrected chi connectivity index (χ0v) is 32.9. The van der Waals surface area contributed by atoms with Crippen molar-refractivity contribution in [1.82, 2.24) is 9.80 Å². The summed E-state index contributed by atoms with van der Waals surface area (Å²) in [5, 5.41) is 0. The lowest BCUT2D eigenvalue weighted by Gasteiger charge is -2.60. The van der Waals surface area contributed by atoms with Gasteiger partial charge in [0, 0.05) is 32.1 Å². The first-order chi connectivity index (χ1) is 24.9. The minimum atomic E-state index is -0.514. The second-order valence-electron chi connectivity index (χ2n) is 19.3. The highest BCUT2D eigenvalue weighted by molar-refractivity contribution is 5.76. The van der Waals surface area contributed by atoms with Gasteiger partial charge in [-0.1, -0.05) is 34.6 Å². The zero-order valence-electron chi connectivity index (χ0n) is 32.9. The van der Waals surface area contributed by atoms with Gasteiger partial charge >= 0.3 is 0 Å². The van der Waals surface area contributed by atoms with Crippen molar-refractivity contribution in [2.24, 2.45) is 51.2 Å². The van der Waals surface area contributed by atoms with Crippen LogP contribution in [0.2, 0.25) is 0 Å². The highest BCUT2D eigenvalue weighted by atomic mass is 19.1. The molecule has 6 saturated carbocycles. The summed E-state index contributed by atoms with van der Waals surface area (Å²) in [7, 11) is 2.04. The lowest BCUT2D eigenvalue weighted by atomic mass is 9.46. The van der Waals surface area contributed by atoms with Gasteiger partial charge < -0.3 is 19.1 Å². The van der Waals surface area contributed by atoms with Gasteiger partial charge in [0.25, 0.3) is 0 Å². The Balaban J connectivity index is 0.00000190. The van der Waals surface area contributed by atoms with Crippen LogP contribution < -0.4 is 0 Å². The third kappa shape index (κ3) is 6.30. The van der Waals surface area contributed by atoms with Crippen molar-refractivity contribution in [3.8, 4) is 0 Å². The van der Waals surface area contributed by atoms with Gasteiger partial charge in [-0.3, -0.25) is 9.69 Å². The van der Waals surface area contributed by atoms with Crippen LogP contribution in [0.3, 0.4) is 0 Å². The van der Waals surface area contributed by atoms with Crippen LogP contribution in [0.15, 0.2) is 18.2 Å². The van der Waals surface area contributed by atoms with Crippen molar-refractivity contribution in [3.63, 3.8) is 0 Å². The molecule has 9 rings (SSSR count). The topological polar surface area (TPSA) is 51.2 Å². The predicted molar refractivity (Wildman–Crippen MR) is 198 cm³/mol. The second-order valence-corrected chi connectivity index (χ2v) is 19.3. The van der Waals surface area contributed by atoms with Crippen LogP contribution in [0.4, 0.5) is 8.78 Å². The summed E-state index contributed by atoms with van der Waals surface area (Å²) >= 11 is 0. The molecule has 52 heavy (non-hydrogen) atoms. The fourth-order valence-corrected chi connectivity index (χ4v) is 13.9. The summed E-state index contributed by atoms with van der Waals surface area (Å²) in [6, 6.07) is 3.82. The van der Waals surface area contributed by atoms with E-state index in [1.165, 1.54) is 76.3 Å². The fourth-order valence-electron chi connectivity index (χ4n) is 13.9. The fraction of sp³-hybridized carbons (Fsp3) is 0.841. The maximum absolute atomic E-state index is 13.8. The summed E-state index contributed by atoms with van der Waals surface area (Å²) in [5.74, 6) is 2.73. The number of hydrogen-bond acceptors (Lipinski definition) is 5. The molecule has 8 aliphatic rings. The van der Waals surface area contributed by atoms with Crippen LogP contribution in [0.25, 0.3) is 0 Å². The van der Waals surface area contributed by atoms with Gasteiger partial charge in [-0.2, -0.15) is 0 Å². The average Bonchev–Trinajstić information content (AvgIpc) is 4.02. The van der Waals surface area contributed by atoms with Crippen molar-refractivity contribution in [3.05, 3.63) is 35.4 Å². The Morgan fingerprint density at radius 3 is 2.42 bits per heavy atom. The normalized spacial score (nSPS) is 42.9. The lowest BCUT2D eigenvalue weighted by Crippen LogP contribution is -2.56. The van der Waals surface area contributed by atoms with E-state index in [1.54, 1.807) is 0 Å². The molecule has 0 N–H and O–H groups in total. The van der Waals surface area contributed by atoms with E-state index in [4.69, 9.17) is 14.2 Å². The highest BCUT2D eigenvalue weighted by Crippen LogP contribution is 2.87. The SMILES string of the molecule is CC.CN(Cc1cc(F)cc(F)c1)CC1CCC2C(CC3C4CCC5C(C)(C)[C@@H](OC6CN(C(=O)CC7CC7)CCO6)CC[C@@]56CC46CCC23C)O1. The number of benzene rings is 1. The van der Waals surface area contributed by atoms with Crippen LogP contribution in [0.1, 0.15) is 124 Å². The molecule has 1 amide bonds. The Bertz CT molecular complexity index is 1470. The zero-order chi connectivity index (χ0) is 36.6. The number of ether oxygens (including phenoxy) is 3. The first-order valence-electron chi connectivity index (χ1n) is 21.2. The molecular weight excluding hydrogens is 658 g/mol. The Labute approximate surface area is 312 Å². The molecule has 0 bridgehead atoms. The molecule has 1 aromatic rings. The Hall–Kier alpha value is -1.61. The smallest absolute Gasteiger partial charge is 0.223 e. The molecule has 6 nitrogen and oxygen atoms in total. The van der Waals surface area contributed by atoms with Gasteiger partial charge in [-0.25, -0.2) is 8.78 Å². The summed E-state index contributed by atoms with van der Waals surface area (Å²) in [6.45, 7) is 14.8. The molecule has 0 aromatic heterocycles. The first kappa shape index (κ1) is 37.3. The minimum Gasteiger partial charge on any atom is -0.373 e. The average molecular weight is 725 g/mol. The number of likely N-dealkylation sites (N-methyl/N-ethyl adjacent to an activating group) is 1. The van der Waals surface area contributed by atoms with Crippen LogP contribution in [0.5, 0.6) is 0 Å². The van der Waals surface area contributed by atoms with E-state index in [2.05, 4.69) is 25.7 Å². The molecule has 8 heteroatoms. The number of rotatable bonds is 8. The standard InChI is InChI=1S/C42H60F2N2O4.C2H6/c1-39(2)35-10-9-31-33-21-34-32(8-7-30(49-34)23-45(4)22-27-17-28(43)20-29(44)18-27)40(33,3)13-14-41(31)25-42(35,41)12-11-36(39)50-38-24-46(15-16-48-38)37(47)19-26-5-6-26;1-2/h17-18,20,26,30-36,38H,5-16,19,21-25H2,1-4H3;1-2H3/t30?,31?,32?,33?,34?,35?,36-,38?,40?,41?,42+;/m0./s1. The number of carbonyl (C=O) groups is 1. The number of fused-ring (bicyclic) bond motifs is 4. The van der Waals surface area contributed by atoms with E-state index in [0.717, 1.165) is 37.3 Å². The van der Waals surface area contributed by atoms with Crippen LogP contribution >= 0.6 is 0 Å². The summed E-state index contributed by atoms with van der Waals surface area (Å²) in [5.41, 5.74) is 2.06. The maximum Gasteiger partial charge on any atom is 0.223 e. The molecule has 1 aromatic carbocycles. The van der Waals surface area contributed by atoms with Crippen LogP contribution in [-0.4, -0.2) is 73.6 Å². The van der Waals surface area contributed by atoms with Crippen molar-refractivity contribution >= 4 is 5.91 Å². The quantitative estimate of drug-likeness (QED) is 0.268. The van der Waals surface area contributed by atoms with E-state index in [9.17, 15) is 13.6 Å². The Morgan fingerprint density at radius 1 is 0.923 bits per heavy atom. The maximum atomic E-state index is 13.8. The van der Waals surface area contributed by atoms with E-state index < -0.39 is 11.6 Å². The summed E-state index contributed by atoms with van der Waals surface area (Å²) < 4.78 is 47.6. The lowest BCUT2D eigenvalue weighted by molar-refractivity contribution is -0.244. The molecule has 2 spiro atoms. The van der Waals surface area contributed by atoms with Crippen molar-refractivity contribution in [2.45, 2.75) is 149 Å². The van der Waals surface area contributed by atoms with E-state index in [-0.39, 0.29) is 29.8 Å². The summed E-state index contributed by atoms with van der Waals surface area (Å²) in [6.07, 6.45) is 16.1. The molecule has 8 fully saturated rings. The minimum absolute atomic E-state index is 0.0838. The van der Waals surface area contributed by atoms with Crippen LogP contribution in [0, 0.1) is 62.9 Å². The number of nitrogens with zero attached hydrogens (tertiary/aromatic N) is 2. The molecule has 9 unspecified atom stereocenters. The van der Waals surface area contributed by atoms with Crippen molar-refractivity contribution in [2.75, 3.05) is 33.3 Å². The van der Waals surface area contributed by atoms with Gasteiger partial charge in [0.05, 0.1) is 31.5 Å². The molecule has 2 saturated heterocycles. The van der Waals surface area contributed by atoms with Gasteiger partial charge in [-0.15, -0.1) is 0 Å². The number of carbonyl (C=O) groups excluding carboxylic acids is 1. The molecule has 6 aliphatic carbocycles. The van der Waals surface area contributed by atoms with Gasteiger partial charge in [0.15, 0.2) is 6.29 Å². The van der Waals surface area contributed by atoms with E-state index >= 15 is 0 Å². The van der Waals surface area contributed by atoms with Gasteiger partial charge in [0.2, 0.25) is 5.91 Å². The van der Waals surface area contributed by atoms with Gasteiger partial charge in [0.1, 0.15) is 11.6 Å². The predicted octanol–water partition coefficient (Wildman–Crippen LogP) is 9.00. The monoisotopic (exact) mass is 724 g/mol. The number of amides is 1. The van der Waals surface area contributed by atoms with E-state index in [0.29, 0.717) is 78.3 Å². The molecule has 290 valence electrons. The Morgan fingerprint density at radius 2 is 1.67 bits per heavy atom. The highest BCUT2D eigenvalue weighted by Gasteiger charge is 2.80. The molecule has 0 radical (unpaired) electrons. The summed E-state index contributed by atoms with van der Waals surface area (Å²) in [4.78, 5) is 17.1. The number of hydrogen-bond donors (Lipinski definition) is 0. The van der Waals surface area contributed by atoms with Crippen molar-refractivity contribution < 1.29 is 27.8 Å². The van der Waals surface area contributed by atoms with Gasteiger partial charge in [-0.05, 0) is 153 Å². The number of morpholine rings is 1. The molecule has 11 atom stereocenters. The molecule has 2 aliphatic heterocycles. The van der Waals surface area contributed by atoms with E-state index in [1.807, 2.05) is 25.8 Å². The third-order valence-electron chi connectivity index (χ3n) is 16.4. The second kappa shape index (κ2) is 13.8. The molecular formula is C44H66F2N2O4. The molecule has 2 heterocycles. The largest absolute Gasteiger partial charge is 0.373 e. The number of halogens is 2. The van der Waals surface area contributed by atoms with Crippen LogP contribution in [-0.2, 0) is 25.5 Å². The Kier molecular flexibility index (Phi) is 9.94.